The maximum atomic E-state index is 14.0. The van der Waals surface area contributed by atoms with E-state index in [9.17, 15) is 14.0 Å². The van der Waals surface area contributed by atoms with Crippen LogP contribution in [0.1, 0.15) is 0 Å². The van der Waals surface area contributed by atoms with Crippen molar-refractivity contribution in [1.82, 2.24) is 4.90 Å². The number of carbonyl (C=O) groups excluding carboxylic acids is 2. The first-order valence-electron chi connectivity index (χ1n) is 9.63. The zero-order valence-corrected chi connectivity index (χ0v) is 16.9. The van der Waals surface area contributed by atoms with Gasteiger partial charge >= 0.3 is 0 Å². The molecular formula is C21H21ClFN3O4. The number of hydrogen-bond acceptors (Lipinski definition) is 5. The summed E-state index contributed by atoms with van der Waals surface area (Å²) in [5.41, 5.74) is 0.709. The highest BCUT2D eigenvalue weighted by molar-refractivity contribution is 6.30. The molecule has 0 aliphatic carbocycles. The smallest absolute Gasteiger partial charge is 0.265 e. The van der Waals surface area contributed by atoms with Crippen LogP contribution >= 0.6 is 11.6 Å². The van der Waals surface area contributed by atoms with Gasteiger partial charge in [-0.25, -0.2) is 4.39 Å². The third kappa shape index (κ3) is 4.49. The van der Waals surface area contributed by atoms with Gasteiger partial charge in [-0.15, -0.1) is 0 Å². The Morgan fingerprint density at radius 1 is 1.17 bits per heavy atom. The van der Waals surface area contributed by atoms with E-state index < -0.39 is 17.8 Å². The standard InChI is InChI=1S/C21H21ClFN3O4/c22-14-5-6-15(23)16(11-14)24-20(27)13-26-12-19(21(28)25-7-9-29-10-8-25)30-18-4-2-1-3-17(18)26/h1-6,11,19H,7-10,12-13H2,(H,24,27). The van der Waals surface area contributed by atoms with Gasteiger partial charge in [-0.05, 0) is 30.3 Å². The maximum absolute atomic E-state index is 14.0. The molecule has 2 aliphatic heterocycles. The van der Waals surface area contributed by atoms with Crippen molar-refractivity contribution < 1.29 is 23.5 Å². The lowest BCUT2D eigenvalue weighted by Gasteiger charge is -2.38. The molecule has 30 heavy (non-hydrogen) atoms. The second kappa shape index (κ2) is 8.89. The molecule has 158 valence electrons. The molecule has 2 amide bonds. The summed E-state index contributed by atoms with van der Waals surface area (Å²) < 4.78 is 25.2. The Morgan fingerprint density at radius 3 is 2.73 bits per heavy atom. The summed E-state index contributed by atoms with van der Waals surface area (Å²) in [6.45, 7) is 2.14. The van der Waals surface area contributed by atoms with Crippen LogP contribution in [0, 0.1) is 5.82 Å². The summed E-state index contributed by atoms with van der Waals surface area (Å²) in [7, 11) is 0. The highest BCUT2D eigenvalue weighted by Crippen LogP contribution is 2.33. The summed E-state index contributed by atoms with van der Waals surface area (Å²) in [6, 6.07) is 11.2. The number of hydrogen-bond donors (Lipinski definition) is 1. The number of rotatable bonds is 4. The van der Waals surface area contributed by atoms with Crippen LogP contribution in [0.5, 0.6) is 5.75 Å². The molecule has 0 saturated carbocycles. The van der Waals surface area contributed by atoms with Gasteiger partial charge in [0.2, 0.25) is 5.91 Å². The van der Waals surface area contributed by atoms with Gasteiger partial charge in [-0.2, -0.15) is 0 Å². The fraction of sp³-hybridized carbons (Fsp3) is 0.333. The Morgan fingerprint density at radius 2 is 1.93 bits per heavy atom. The van der Waals surface area contributed by atoms with E-state index in [0.29, 0.717) is 42.8 Å². The van der Waals surface area contributed by atoms with Crippen LogP contribution < -0.4 is 15.0 Å². The number of nitrogens with one attached hydrogen (secondary N) is 1. The predicted molar refractivity (Wildman–Crippen MR) is 111 cm³/mol. The third-order valence-electron chi connectivity index (χ3n) is 5.00. The van der Waals surface area contributed by atoms with E-state index in [1.165, 1.54) is 18.2 Å². The quantitative estimate of drug-likeness (QED) is 0.802. The lowest BCUT2D eigenvalue weighted by molar-refractivity contribution is -0.142. The van der Waals surface area contributed by atoms with Crippen molar-refractivity contribution in [3.05, 3.63) is 53.3 Å². The Labute approximate surface area is 178 Å². The Hall–Kier alpha value is -2.84. The zero-order chi connectivity index (χ0) is 21.1. The molecule has 1 saturated heterocycles. The molecule has 0 spiro atoms. The van der Waals surface area contributed by atoms with Crippen LogP contribution in [0.4, 0.5) is 15.8 Å². The number of halogens is 2. The van der Waals surface area contributed by atoms with Crippen LogP contribution in [0.3, 0.4) is 0 Å². The van der Waals surface area contributed by atoms with Gasteiger partial charge < -0.3 is 24.6 Å². The minimum atomic E-state index is -0.742. The number of benzene rings is 2. The van der Waals surface area contributed by atoms with E-state index in [2.05, 4.69) is 5.32 Å². The number of morpholine rings is 1. The summed E-state index contributed by atoms with van der Waals surface area (Å²) in [6.07, 6.45) is -0.742. The number of anilines is 2. The molecule has 2 heterocycles. The summed E-state index contributed by atoms with van der Waals surface area (Å²) in [4.78, 5) is 29.0. The molecule has 1 atom stereocenters. The van der Waals surface area contributed by atoms with Gasteiger partial charge in [-0.3, -0.25) is 9.59 Å². The second-order valence-corrected chi connectivity index (χ2v) is 7.50. The molecular weight excluding hydrogens is 413 g/mol. The number of fused-ring (bicyclic) bond motifs is 1. The molecule has 4 rings (SSSR count). The van der Waals surface area contributed by atoms with E-state index in [1.807, 2.05) is 12.1 Å². The first kappa shape index (κ1) is 20.4. The molecule has 1 N–H and O–H groups in total. The number of ether oxygens (including phenoxy) is 2. The maximum Gasteiger partial charge on any atom is 0.265 e. The molecule has 2 aromatic carbocycles. The Kier molecular flexibility index (Phi) is 6.06. The average molecular weight is 434 g/mol. The number of amides is 2. The third-order valence-corrected chi connectivity index (χ3v) is 5.23. The number of nitrogens with zero attached hydrogens (tertiary/aromatic N) is 2. The SMILES string of the molecule is O=C(CN1CC(C(=O)N2CCOCC2)Oc2ccccc21)Nc1cc(Cl)ccc1F. The molecule has 7 nitrogen and oxygen atoms in total. The van der Waals surface area contributed by atoms with Crippen LogP contribution in [0.25, 0.3) is 0 Å². The van der Waals surface area contributed by atoms with Crippen molar-refractivity contribution >= 4 is 34.8 Å². The Bertz CT molecular complexity index is 952. The minimum Gasteiger partial charge on any atom is -0.477 e. The minimum absolute atomic E-state index is 0.00925. The zero-order valence-electron chi connectivity index (χ0n) is 16.1. The lowest BCUT2D eigenvalue weighted by Crippen LogP contribution is -2.53. The van der Waals surface area contributed by atoms with Gasteiger partial charge in [0.1, 0.15) is 11.6 Å². The van der Waals surface area contributed by atoms with Crippen molar-refractivity contribution in [2.45, 2.75) is 6.10 Å². The highest BCUT2D eigenvalue weighted by Gasteiger charge is 2.34. The van der Waals surface area contributed by atoms with Gasteiger partial charge in [0.15, 0.2) is 6.10 Å². The average Bonchev–Trinajstić information content (AvgIpc) is 2.76. The van der Waals surface area contributed by atoms with E-state index in [0.717, 1.165) is 0 Å². The summed E-state index contributed by atoms with van der Waals surface area (Å²) >= 11 is 5.89. The van der Waals surface area contributed by atoms with Crippen LogP contribution in [-0.4, -0.2) is 62.2 Å². The molecule has 0 aromatic heterocycles. The predicted octanol–water partition coefficient (Wildman–Crippen LogP) is 2.54. The fourth-order valence-electron chi connectivity index (χ4n) is 3.53. The van der Waals surface area contributed by atoms with E-state index in [1.54, 1.807) is 21.9 Å². The van der Waals surface area contributed by atoms with E-state index >= 15 is 0 Å². The number of para-hydroxylation sites is 2. The van der Waals surface area contributed by atoms with E-state index in [-0.39, 0.29) is 24.7 Å². The van der Waals surface area contributed by atoms with Crippen molar-refractivity contribution in [3.63, 3.8) is 0 Å². The van der Waals surface area contributed by atoms with Crippen LogP contribution in [0.15, 0.2) is 42.5 Å². The number of carbonyl (C=O) groups is 2. The first-order chi connectivity index (χ1) is 14.5. The monoisotopic (exact) mass is 433 g/mol. The molecule has 2 aliphatic rings. The van der Waals surface area contributed by atoms with Crippen molar-refractivity contribution in [1.29, 1.82) is 0 Å². The summed E-state index contributed by atoms with van der Waals surface area (Å²) in [5.74, 6) is -0.614. The largest absolute Gasteiger partial charge is 0.477 e. The van der Waals surface area contributed by atoms with Crippen molar-refractivity contribution in [2.24, 2.45) is 0 Å². The molecule has 1 fully saturated rings. The van der Waals surface area contributed by atoms with Crippen LogP contribution in [-0.2, 0) is 14.3 Å². The fourth-order valence-corrected chi connectivity index (χ4v) is 3.70. The highest BCUT2D eigenvalue weighted by atomic mass is 35.5. The van der Waals surface area contributed by atoms with E-state index in [4.69, 9.17) is 21.1 Å². The van der Waals surface area contributed by atoms with Gasteiger partial charge in [0, 0.05) is 18.1 Å². The first-order valence-corrected chi connectivity index (χ1v) is 10.0. The normalized spacial score (nSPS) is 18.4. The van der Waals surface area contributed by atoms with Gasteiger partial charge in [0.05, 0.1) is 37.7 Å². The van der Waals surface area contributed by atoms with Gasteiger partial charge in [0.25, 0.3) is 5.91 Å². The lowest BCUT2D eigenvalue weighted by atomic mass is 10.1. The molecule has 0 bridgehead atoms. The second-order valence-electron chi connectivity index (χ2n) is 7.06. The van der Waals surface area contributed by atoms with Crippen molar-refractivity contribution in [2.75, 3.05) is 49.6 Å². The molecule has 9 heteroatoms. The molecule has 2 aromatic rings. The molecule has 0 radical (unpaired) electrons. The Balaban J connectivity index is 1.50. The molecule has 1 unspecified atom stereocenters. The van der Waals surface area contributed by atoms with Gasteiger partial charge in [-0.1, -0.05) is 23.7 Å². The van der Waals surface area contributed by atoms with Crippen molar-refractivity contribution in [3.8, 4) is 5.75 Å². The van der Waals surface area contributed by atoms with Crippen LogP contribution in [0.2, 0.25) is 5.02 Å². The summed E-state index contributed by atoms with van der Waals surface area (Å²) in [5, 5.41) is 2.86. The topological polar surface area (TPSA) is 71.1 Å².